The summed E-state index contributed by atoms with van der Waals surface area (Å²) in [6.45, 7) is 8.02. The zero-order chi connectivity index (χ0) is 13.1. The topological polar surface area (TPSA) is 12.5 Å². The van der Waals surface area contributed by atoms with Gasteiger partial charge in [0, 0.05) is 32.7 Å². The lowest BCUT2D eigenvalue weighted by Gasteiger charge is -2.16. The van der Waals surface area contributed by atoms with E-state index >= 15 is 0 Å². The molecule has 1 aromatic rings. The fourth-order valence-electron chi connectivity index (χ4n) is 2.80. The lowest BCUT2D eigenvalue weighted by molar-refractivity contribution is 0.159. The van der Waals surface area contributed by atoms with Gasteiger partial charge < -0.3 is 9.64 Å². The molecule has 2 atom stereocenters. The summed E-state index contributed by atoms with van der Waals surface area (Å²) >= 11 is 0. The molecule has 0 aromatic heterocycles. The van der Waals surface area contributed by atoms with E-state index in [1.54, 1.807) is 13.2 Å². The van der Waals surface area contributed by atoms with Crippen molar-refractivity contribution in [1.82, 2.24) is 4.90 Å². The summed E-state index contributed by atoms with van der Waals surface area (Å²) in [5.41, 5.74) is 2.01. The second-order valence-electron chi connectivity index (χ2n) is 5.34. The van der Waals surface area contributed by atoms with Crippen molar-refractivity contribution in [3.63, 3.8) is 0 Å². The molecule has 0 spiro atoms. The Kier molecular flexibility index (Phi) is 4.36. The summed E-state index contributed by atoms with van der Waals surface area (Å²) in [6.07, 6.45) is 0. The summed E-state index contributed by atoms with van der Waals surface area (Å²) in [6, 6.07) is 5.52. The van der Waals surface area contributed by atoms with Crippen LogP contribution in [-0.2, 0) is 4.74 Å². The van der Waals surface area contributed by atoms with Crippen LogP contribution in [-0.4, -0.2) is 38.3 Å². The molecule has 0 amide bonds. The number of methoxy groups -OCH3 is 1. The summed E-state index contributed by atoms with van der Waals surface area (Å²) in [5.74, 6) is 1.02. The molecule has 1 heterocycles. The highest BCUT2D eigenvalue weighted by atomic mass is 19.1. The van der Waals surface area contributed by atoms with Crippen molar-refractivity contribution in [1.29, 1.82) is 0 Å². The number of nitrogens with zero attached hydrogens (tertiary/aromatic N) is 1. The Hall–Kier alpha value is -0.930. The largest absolute Gasteiger partial charge is 0.383 e. The first-order valence-electron chi connectivity index (χ1n) is 6.59. The Morgan fingerprint density at radius 2 is 2.17 bits per heavy atom. The van der Waals surface area contributed by atoms with Crippen molar-refractivity contribution >= 4 is 0 Å². The quantitative estimate of drug-likeness (QED) is 0.816. The van der Waals surface area contributed by atoms with Gasteiger partial charge in [0.05, 0.1) is 6.61 Å². The van der Waals surface area contributed by atoms with E-state index in [0.717, 1.165) is 31.8 Å². The van der Waals surface area contributed by atoms with Gasteiger partial charge in [0.2, 0.25) is 0 Å². The number of likely N-dealkylation sites (tertiary alicyclic amines) is 1. The first-order chi connectivity index (χ1) is 8.61. The normalized spacial score (nSPS) is 24.7. The zero-order valence-corrected chi connectivity index (χ0v) is 11.4. The van der Waals surface area contributed by atoms with E-state index in [-0.39, 0.29) is 5.82 Å². The molecule has 3 heteroatoms. The van der Waals surface area contributed by atoms with Gasteiger partial charge >= 0.3 is 0 Å². The first kappa shape index (κ1) is 13.5. The van der Waals surface area contributed by atoms with Crippen molar-refractivity contribution in [2.24, 2.45) is 5.92 Å². The van der Waals surface area contributed by atoms with Crippen LogP contribution >= 0.6 is 0 Å². The minimum absolute atomic E-state index is 0.111. The molecule has 1 aromatic carbocycles. The van der Waals surface area contributed by atoms with Crippen LogP contribution in [0.15, 0.2) is 18.2 Å². The summed E-state index contributed by atoms with van der Waals surface area (Å²) in [4.78, 5) is 2.43. The van der Waals surface area contributed by atoms with E-state index in [9.17, 15) is 4.39 Å². The van der Waals surface area contributed by atoms with E-state index in [4.69, 9.17) is 4.74 Å². The van der Waals surface area contributed by atoms with E-state index < -0.39 is 0 Å². The van der Waals surface area contributed by atoms with Gasteiger partial charge in [-0.2, -0.15) is 0 Å². The van der Waals surface area contributed by atoms with Gasteiger partial charge in [-0.25, -0.2) is 4.39 Å². The number of halogens is 1. The van der Waals surface area contributed by atoms with Crippen LogP contribution in [0.3, 0.4) is 0 Å². The fourth-order valence-corrected chi connectivity index (χ4v) is 2.80. The van der Waals surface area contributed by atoms with Crippen LogP contribution in [0.2, 0.25) is 0 Å². The second-order valence-corrected chi connectivity index (χ2v) is 5.34. The van der Waals surface area contributed by atoms with Crippen molar-refractivity contribution in [3.05, 3.63) is 35.1 Å². The minimum Gasteiger partial charge on any atom is -0.383 e. The molecule has 0 aliphatic carbocycles. The third kappa shape index (κ3) is 2.90. The van der Waals surface area contributed by atoms with Crippen LogP contribution in [0, 0.1) is 18.7 Å². The number of rotatable bonds is 4. The van der Waals surface area contributed by atoms with Gasteiger partial charge in [0.25, 0.3) is 0 Å². The maximum absolute atomic E-state index is 13.3. The summed E-state index contributed by atoms with van der Waals surface area (Å²) in [7, 11) is 1.74. The van der Waals surface area contributed by atoms with Gasteiger partial charge in [-0.3, -0.25) is 0 Å². The van der Waals surface area contributed by atoms with E-state index in [2.05, 4.69) is 11.8 Å². The molecule has 0 unspecified atom stereocenters. The molecular formula is C15H22FNO. The molecule has 2 rings (SSSR count). The highest BCUT2D eigenvalue weighted by Gasteiger charge is 2.30. The van der Waals surface area contributed by atoms with Crippen LogP contribution in [0.4, 0.5) is 4.39 Å². The lowest BCUT2D eigenvalue weighted by Crippen LogP contribution is -2.24. The number of hydrogen-bond acceptors (Lipinski definition) is 2. The second kappa shape index (κ2) is 5.81. The Balaban J connectivity index is 2.06. The monoisotopic (exact) mass is 251 g/mol. The van der Waals surface area contributed by atoms with Crippen molar-refractivity contribution in [2.75, 3.05) is 33.4 Å². The Morgan fingerprint density at radius 1 is 1.39 bits per heavy atom. The molecule has 100 valence electrons. The van der Waals surface area contributed by atoms with Crippen LogP contribution in [0.1, 0.15) is 24.0 Å². The minimum atomic E-state index is -0.111. The maximum atomic E-state index is 13.3. The summed E-state index contributed by atoms with van der Waals surface area (Å²) < 4.78 is 18.4. The number of hydrogen-bond donors (Lipinski definition) is 0. The molecule has 1 saturated heterocycles. The Labute approximate surface area is 109 Å². The number of ether oxygens (including phenoxy) is 1. The molecule has 1 aliphatic rings. The average Bonchev–Trinajstić information content (AvgIpc) is 2.71. The lowest BCUT2D eigenvalue weighted by atomic mass is 9.89. The van der Waals surface area contributed by atoms with E-state index in [1.165, 1.54) is 5.56 Å². The zero-order valence-electron chi connectivity index (χ0n) is 11.4. The molecular weight excluding hydrogens is 229 g/mol. The third-order valence-electron chi connectivity index (χ3n) is 3.91. The Morgan fingerprint density at radius 3 is 2.83 bits per heavy atom. The van der Waals surface area contributed by atoms with Crippen molar-refractivity contribution in [3.8, 4) is 0 Å². The first-order valence-corrected chi connectivity index (χ1v) is 6.59. The predicted octanol–water partition coefficient (Wildman–Crippen LogP) is 2.82. The van der Waals surface area contributed by atoms with Crippen molar-refractivity contribution < 1.29 is 9.13 Å². The average molecular weight is 251 g/mol. The number of aryl methyl sites for hydroxylation is 1. The van der Waals surface area contributed by atoms with Crippen LogP contribution in [0.25, 0.3) is 0 Å². The van der Waals surface area contributed by atoms with Gasteiger partial charge in [-0.1, -0.05) is 19.1 Å². The van der Waals surface area contributed by atoms with E-state index in [1.807, 2.05) is 19.1 Å². The molecule has 2 nitrogen and oxygen atoms in total. The SMILES string of the molecule is COCCN1C[C@@H](C)[C@H](c2ccc(F)c(C)c2)C1. The van der Waals surface area contributed by atoms with Gasteiger partial charge in [0.1, 0.15) is 5.82 Å². The molecule has 0 bridgehead atoms. The third-order valence-corrected chi connectivity index (χ3v) is 3.91. The predicted molar refractivity (Wildman–Crippen MR) is 71.4 cm³/mol. The maximum Gasteiger partial charge on any atom is 0.126 e. The highest BCUT2D eigenvalue weighted by molar-refractivity contribution is 5.28. The number of benzene rings is 1. The molecule has 0 N–H and O–H groups in total. The molecule has 1 aliphatic heterocycles. The molecule has 0 radical (unpaired) electrons. The fraction of sp³-hybridized carbons (Fsp3) is 0.600. The standard InChI is InChI=1S/C15H22FNO/c1-11-8-13(4-5-15(11)16)14-10-17(6-7-18-3)9-12(14)2/h4-5,8,12,14H,6-7,9-10H2,1-3H3/t12-,14-/m1/s1. The summed E-state index contributed by atoms with van der Waals surface area (Å²) in [5, 5.41) is 0. The molecule has 18 heavy (non-hydrogen) atoms. The smallest absolute Gasteiger partial charge is 0.126 e. The van der Waals surface area contributed by atoms with Crippen LogP contribution < -0.4 is 0 Å². The Bertz CT molecular complexity index is 407. The molecule has 0 saturated carbocycles. The van der Waals surface area contributed by atoms with Crippen LogP contribution in [0.5, 0.6) is 0 Å². The van der Waals surface area contributed by atoms with Gasteiger partial charge in [-0.05, 0) is 30.0 Å². The van der Waals surface area contributed by atoms with Crippen molar-refractivity contribution in [2.45, 2.75) is 19.8 Å². The highest BCUT2D eigenvalue weighted by Crippen LogP contribution is 2.32. The van der Waals surface area contributed by atoms with Gasteiger partial charge in [-0.15, -0.1) is 0 Å². The van der Waals surface area contributed by atoms with Gasteiger partial charge in [0.15, 0.2) is 0 Å². The van der Waals surface area contributed by atoms with E-state index in [0.29, 0.717) is 11.8 Å². The molecule has 1 fully saturated rings.